The highest BCUT2D eigenvalue weighted by atomic mass is 19.1. The van der Waals surface area contributed by atoms with Crippen LogP contribution >= 0.6 is 0 Å². The van der Waals surface area contributed by atoms with E-state index in [1.165, 1.54) is 17.0 Å². The zero-order valence-electron chi connectivity index (χ0n) is 10.3. The summed E-state index contributed by atoms with van der Waals surface area (Å²) in [4.78, 5) is 13.3. The van der Waals surface area contributed by atoms with Crippen LogP contribution in [0.3, 0.4) is 0 Å². The van der Waals surface area contributed by atoms with Gasteiger partial charge in [-0.15, -0.1) is 0 Å². The number of halogens is 1. The minimum atomic E-state index is -0.559. The van der Waals surface area contributed by atoms with E-state index in [4.69, 9.17) is 5.11 Å². The third kappa shape index (κ3) is 3.39. The van der Waals surface area contributed by atoms with Crippen molar-refractivity contribution in [2.75, 3.05) is 11.5 Å². The highest BCUT2D eigenvalue weighted by Crippen LogP contribution is 2.17. The van der Waals surface area contributed by atoms with E-state index in [0.29, 0.717) is 12.2 Å². The molecule has 4 heteroatoms. The lowest BCUT2D eigenvalue weighted by atomic mass is 10.2. The molecule has 0 radical (unpaired) electrons. The summed E-state index contributed by atoms with van der Waals surface area (Å²) in [5.74, 6) is -0.709. The van der Waals surface area contributed by atoms with Crippen molar-refractivity contribution < 1.29 is 14.3 Å². The van der Waals surface area contributed by atoms with Crippen molar-refractivity contribution >= 4 is 11.6 Å². The van der Waals surface area contributed by atoms with Crippen LogP contribution in [-0.2, 0) is 11.3 Å². The zero-order chi connectivity index (χ0) is 13.7. The first-order valence-electron chi connectivity index (χ1n) is 5.91. The number of hydrogen-bond acceptors (Lipinski definition) is 2. The Morgan fingerprint density at radius 2 is 1.68 bits per heavy atom. The summed E-state index contributed by atoms with van der Waals surface area (Å²) >= 11 is 0. The van der Waals surface area contributed by atoms with Crippen molar-refractivity contribution in [2.45, 2.75) is 6.54 Å². The van der Waals surface area contributed by atoms with E-state index in [9.17, 15) is 9.18 Å². The van der Waals surface area contributed by atoms with Crippen molar-refractivity contribution in [2.24, 2.45) is 0 Å². The van der Waals surface area contributed by atoms with E-state index >= 15 is 0 Å². The lowest BCUT2D eigenvalue weighted by Gasteiger charge is -2.22. The molecule has 1 amide bonds. The molecule has 0 saturated carbocycles. The number of carbonyl (C=O) groups is 1. The van der Waals surface area contributed by atoms with E-state index in [1.54, 1.807) is 24.3 Å². The Morgan fingerprint density at radius 1 is 1.05 bits per heavy atom. The minimum absolute atomic E-state index is 0.295. The number of para-hydroxylation sites is 1. The van der Waals surface area contributed by atoms with Gasteiger partial charge >= 0.3 is 0 Å². The number of aliphatic hydroxyl groups excluding tert-OH is 1. The van der Waals surface area contributed by atoms with Gasteiger partial charge in [0, 0.05) is 5.69 Å². The third-order valence-electron chi connectivity index (χ3n) is 2.76. The molecule has 3 nitrogen and oxygen atoms in total. The first-order valence-corrected chi connectivity index (χ1v) is 5.91. The van der Waals surface area contributed by atoms with Crippen LogP contribution in [0, 0.1) is 5.82 Å². The van der Waals surface area contributed by atoms with Gasteiger partial charge in [-0.25, -0.2) is 4.39 Å². The number of nitrogens with zero attached hydrogens (tertiary/aromatic N) is 1. The summed E-state index contributed by atoms with van der Waals surface area (Å²) in [6.45, 7) is -0.264. The van der Waals surface area contributed by atoms with Crippen LogP contribution < -0.4 is 4.90 Å². The zero-order valence-corrected chi connectivity index (χ0v) is 10.3. The van der Waals surface area contributed by atoms with Crippen molar-refractivity contribution in [1.29, 1.82) is 0 Å². The summed E-state index contributed by atoms with van der Waals surface area (Å²) in [5.41, 5.74) is 1.50. The lowest BCUT2D eigenvalue weighted by Crippen LogP contribution is -2.32. The van der Waals surface area contributed by atoms with Gasteiger partial charge in [-0.3, -0.25) is 4.79 Å². The molecule has 19 heavy (non-hydrogen) atoms. The van der Waals surface area contributed by atoms with Gasteiger partial charge in [0.05, 0.1) is 6.54 Å². The average Bonchev–Trinajstić information content (AvgIpc) is 2.47. The third-order valence-corrected chi connectivity index (χ3v) is 2.76. The fourth-order valence-corrected chi connectivity index (χ4v) is 1.79. The van der Waals surface area contributed by atoms with Crippen LogP contribution in [0.1, 0.15) is 5.56 Å². The number of carbonyl (C=O) groups excluding carboxylic acids is 1. The number of aliphatic hydroxyl groups is 1. The normalized spacial score (nSPS) is 10.2. The number of rotatable bonds is 4. The standard InChI is InChI=1S/C15H14FNO2/c16-13-8-6-12(7-9-13)10-17(15(19)11-18)14-4-2-1-3-5-14/h1-9,18H,10-11H2. The van der Waals surface area contributed by atoms with Gasteiger partial charge in [0.2, 0.25) is 0 Å². The quantitative estimate of drug-likeness (QED) is 0.915. The smallest absolute Gasteiger partial charge is 0.252 e. The topological polar surface area (TPSA) is 40.5 Å². The second kappa shape index (κ2) is 6.11. The van der Waals surface area contributed by atoms with Crippen LogP contribution in [0.15, 0.2) is 54.6 Å². The summed E-state index contributed by atoms with van der Waals surface area (Å²) in [7, 11) is 0. The Labute approximate surface area is 110 Å². The van der Waals surface area contributed by atoms with E-state index in [0.717, 1.165) is 5.56 Å². The molecule has 0 aromatic heterocycles. The Hall–Kier alpha value is -2.20. The molecule has 0 fully saturated rings. The molecule has 0 spiro atoms. The average molecular weight is 259 g/mol. The first-order chi connectivity index (χ1) is 9.20. The largest absolute Gasteiger partial charge is 0.387 e. The number of anilines is 1. The molecule has 2 aromatic rings. The molecule has 0 saturated heterocycles. The SMILES string of the molecule is O=C(CO)N(Cc1ccc(F)cc1)c1ccccc1. The predicted molar refractivity (Wildman–Crippen MR) is 71.1 cm³/mol. The van der Waals surface area contributed by atoms with Crippen LogP contribution in [0.5, 0.6) is 0 Å². The van der Waals surface area contributed by atoms with E-state index in [-0.39, 0.29) is 5.82 Å². The van der Waals surface area contributed by atoms with Gasteiger partial charge in [-0.2, -0.15) is 0 Å². The van der Waals surface area contributed by atoms with Crippen LogP contribution in [0.2, 0.25) is 0 Å². The maximum absolute atomic E-state index is 12.9. The number of benzene rings is 2. The van der Waals surface area contributed by atoms with Crippen LogP contribution in [0.25, 0.3) is 0 Å². The van der Waals surface area contributed by atoms with Crippen molar-refractivity contribution in [3.8, 4) is 0 Å². The van der Waals surface area contributed by atoms with Crippen LogP contribution in [-0.4, -0.2) is 17.6 Å². The van der Waals surface area contributed by atoms with Gasteiger partial charge in [0.15, 0.2) is 0 Å². The highest BCUT2D eigenvalue weighted by molar-refractivity contribution is 5.93. The van der Waals surface area contributed by atoms with Gasteiger partial charge in [0.1, 0.15) is 12.4 Å². The Morgan fingerprint density at radius 3 is 2.26 bits per heavy atom. The van der Waals surface area contributed by atoms with Gasteiger partial charge in [-0.1, -0.05) is 30.3 Å². The van der Waals surface area contributed by atoms with Gasteiger partial charge < -0.3 is 10.0 Å². The molecular weight excluding hydrogens is 245 g/mol. The number of amides is 1. The van der Waals surface area contributed by atoms with E-state index in [1.807, 2.05) is 18.2 Å². The second-order valence-electron chi connectivity index (χ2n) is 4.10. The monoisotopic (exact) mass is 259 g/mol. The van der Waals surface area contributed by atoms with E-state index in [2.05, 4.69) is 0 Å². The fourth-order valence-electron chi connectivity index (χ4n) is 1.79. The van der Waals surface area contributed by atoms with E-state index < -0.39 is 12.5 Å². The molecule has 0 aliphatic rings. The molecule has 0 atom stereocenters. The molecule has 0 unspecified atom stereocenters. The Kier molecular flexibility index (Phi) is 4.26. The van der Waals surface area contributed by atoms with Crippen molar-refractivity contribution in [3.05, 3.63) is 66.0 Å². The Bertz CT molecular complexity index is 540. The van der Waals surface area contributed by atoms with Gasteiger partial charge in [0.25, 0.3) is 5.91 Å². The lowest BCUT2D eigenvalue weighted by molar-refractivity contribution is -0.121. The molecule has 2 rings (SSSR count). The first kappa shape index (κ1) is 13.2. The van der Waals surface area contributed by atoms with Crippen molar-refractivity contribution in [1.82, 2.24) is 0 Å². The number of hydrogen-bond donors (Lipinski definition) is 1. The molecule has 0 aliphatic carbocycles. The fraction of sp³-hybridized carbons (Fsp3) is 0.133. The van der Waals surface area contributed by atoms with Crippen LogP contribution in [0.4, 0.5) is 10.1 Å². The molecule has 2 aromatic carbocycles. The molecular formula is C15H14FNO2. The molecule has 0 aliphatic heterocycles. The molecule has 98 valence electrons. The summed E-state index contributed by atoms with van der Waals surface area (Å²) < 4.78 is 12.9. The molecule has 1 N–H and O–H groups in total. The van der Waals surface area contributed by atoms with Gasteiger partial charge in [-0.05, 0) is 29.8 Å². The van der Waals surface area contributed by atoms with Crippen molar-refractivity contribution in [3.63, 3.8) is 0 Å². The minimum Gasteiger partial charge on any atom is -0.387 e. The summed E-state index contributed by atoms with van der Waals surface area (Å²) in [6, 6.07) is 15.0. The highest BCUT2D eigenvalue weighted by Gasteiger charge is 2.14. The predicted octanol–water partition coefficient (Wildman–Crippen LogP) is 2.35. The Balaban J connectivity index is 2.24. The molecule has 0 heterocycles. The maximum atomic E-state index is 12.9. The maximum Gasteiger partial charge on any atom is 0.252 e. The summed E-state index contributed by atoms with van der Waals surface area (Å²) in [6.07, 6.45) is 0. The molecule has 0 bridgehead atoms. The second-order valence-corrected chi connectivity index (χ2v) is 4.10. The summed E-state index contributed by atoms with van der Waals surface area (Å²) in [5, 5.41) is 9.04.